The highest BCUT2D eigenvalue weighted by molar-refractivity contribution is 7.91. The Labute approximate surface area is 206 Å². The number of hydrogen-bond acceptors (Lipinski definition) is 6. The number of hydrogen-bond donors (Lipinski definition) is 2. The summed E-state index contributed by atoms with van der Waals surface area (Å²) in [6.45, 7) is 1.60. The van der Waals surface area contributed by atoms with Gasteiger partial charge in [-0.1, -0.05) is 43.3 Å². The van der Waals surface area contributed by atoms with Crippen LogP contribution in [0.1, 0.15) is 18.1 Å². The van der Waals surface area contributed by atoms with Crippen LogP contribution in [0.25, 0.3) is 11.1 Å². The van der Waals surface area contributed by atoms with E-state index < -0.39 is 9.84 Å². The van der Waals surface area contributed by atoms with Gasteiger partial charge >= 0.3 is 0 Å². The molecule has 8 heteroatoms. The summed E-state index contributed by atoms with van der Waals surface area (Å²) in [5, 5.41) is 2.92. The van der Waals surface area contributed by atoms with E-state index in [4.69, 9.17) is 10.5 Å². The third kappa shape index (κ3) is 6.16. The minimum absolute atomic E-state index is 0.0302. The van der Waals surface area contributed by atoms with Gasteiger partial charge in [0.2, 0.25) is 5.91 Å². The number of carbonyl (C=O) groups excluding carboxylic acids is 1. The molecule has 1 amide bonds. The molecule has 3 rings (SSSR count). The number of allylic oxidation sites excluding steroid dienone is 1. The number of methoxy groups -OCH3 is 1. The van der Waals surface area contributed by atoms with Gasteiger partial charge in [-0.05, 0) is 53.7 Å². The van der Waals surface area contributed by atoms with E-state index in [0.717, 1.165) is 16.7 Å². The Bertz CT molecular complexity index is 1360. The van der Waals surface area contributed by atoms with Crippen molar-refractivity contribution >= 4 is 27.1 Å². The van der Waals surface area contributed by atoms with Gasteiger partial charge < -0.3 is 15.8 Å². The Morgan fingerprint density at radius 2 is 1.77 bits per heavy atom. The van der Waals surface area contributed by atoms with Crippen molar-refractivity contribution < 1.29 is 17.9 Å². The van der Waals surface area contributed by atoms with Crippen LogP contribution >= 0.6 is 0 Å². The fourth-order valence-electron chi connectivity index (χ4n) is 3.68. The number of anilines is 1. The summed E-state index contributed by atoms with van der Waals surface area (Å²) in [6.07, 6.45) is 3.22. The Morgan fingerprint density at radius 3 is 2.40 bits per heavy atom. The molecule has 3 N–H and O–H groups in total. The van der Waals surface area contributed by atoms with Gasteiger partial charge in [-0.15, -0.1) is 0 Å². The molecule has 0 saturated carbocycles. The van der Waals surface area contributed by atoms with Gasteiger partial charge in [0.1, 0.15) is 5.75 Å². The van der Waals surface area contributed by atoms with Crippen LogP contribution < -0.4 is 15.8 Å². The number of aliphatic imine (C=N–C) groups is 1. The molecule has 0 aliphatic carbocycles. The van der Waals surface area contributed by atoms with Gasteiger partial charge in [0, 0.05) is 23.9 Å². The van der Waals surface area contributed by atoms with Crippen molar-refractivity contribution in [3.8, 4) is 16.9 Å². The number of amides is 1. The minimum atomic E-state index is -3.28. The summed E-state index contributed by atoms with van der Waals surface area (Å²) in [7, 11) is 0.0130. The monoisotopic (exact) mass is 491 g/mol. The first-order chi connectivity index (χ1) is 16.8. The van der Waals surface area contributed by atoms with Crippen molar-refractivity contribution in [3.05, 3.63) is 90.1 Å². The fraction of sp³-hybridized carbons (Fsp3) is 0.185. The summed E-state index contributed by atoms with van der Waals surface area (Å²) >= 11 is 0. The predicted octanol–water partition coefficient (Wildman–Crippen LogP) is 4.23. The zero-order chi connectivity index (χ0) is 25.4. The molecule has 182 valence electrons. The second-order valence-corrected chi connectivity index (χ2v) is 9.98. The largest absolute Gasteiger partial charge is 0.496 e. The van der Waals surface area contributed by atoms with Crippen LogP contribution in [-0.2, 0) is 21.1 Å². The number of nitrogens with one attached hydrogen (secondary N) is 1. The van der Waals surface area contributed by atoms with E-state index in [-0.39, 0.29) is 23.0 Å². The Morgan fingerprint density at radius 1 is 1.06 bits per heavy atom. The van der Waals surface area contributed by atoms with E-state index in [1.54, 1.807) is 39.3 Å². The van der Waals surface area contributed by atoms with Crippen molar-refractivity contribution in [2.75, 3.05) is 25.2 Å². The molecule has 0 fully saturated rings. The lowest BCUT2D eigenvalue weighted by atomic mass is 9.95. The van der Waals surface area contributed by atoms with Gasteiger partial charge in [0.15, 0.2) is 9.84 Å². The summed E-state index contributed by atoms with van der Waals surface area (Å²) in [6, 6.07) is 19.6. The molecular weight excluding hydrogens is 462 g/mol. The molecule has 0 heterocycles. The number of sulfone groups is 1. The highest BCUT2D eigenvalue weighted by Crippen LogP contribution is 2.34. The highest BCUT2D eigenvalue weighted by atomic mass is 32.2. The van der Waals surface area contributed by atoms with Crippen molar-refractivity contribution in [2.24, 2.45) is 10.7 Å². The van der Waals surface area contributed by atoms with Gasteiger partial charge in [-0.2, -0.15) is 0 Å². The summed E-state index contributed by atoms with van der Waals surface area (Å²) < 4.78 is 29.5. The number of rotatable bonds is 9. The summed E-state index contributed by atoms with van der Waals surface area (Å²) in [5.74, 6) is 0.519. The van der Waals surface area contributed by atoms with Crippen molar-refractivity contribution in [1.82, 2.24) is 0 Å². The van der Waals surface area contributed by atoms with E-state index in [1.165, 1.54) is 18.3 Å². The van der Waals surface area contributed by atoms with Crippen LogP contribution in [0.4, 0.5) is 5.69 Å². The van der Waals surface area contributed by atoms with E-state index in [0.29, 0.717) is 22.7 Å². The quantitative estimate of drug-likeness (QED) is 0.435. The molecule has 0 radical (unpaired) electrons. The fourth-order valence-corrected chi connectivity index (χ4v) is 4.57. The zero-order valence-electron chi connectivity index (χ0n) is 20.0. The van der Waals surface area contributed by atoms with Gasteiger partial charge in [0.05, 0.1) is 29.9 Å². The van der Waals surface area contributed by atoms with Crippen molar-refractivity contribution in [1.29, 1.82) is 0 Å². The Hall–Kier alpha value is -3.91. The topological polar surface area (TPSA) is 111 Å². The molecule has 0 bridgehead atoms. The van der Waals surface area contributed by atoms with Crippen LogP contribution in [-0.4, -0.2) is 39.9 Å². The molecule has 0 aliphatic rings. The first-order valence-corrected chi connectivity index (χ1v) is 12.7. The van der Waals surface area contributed by atoms with Crippen LogP contribution in [0.15, 0.2) is 88.9 Å². The molecule has 3 aromatic rings. The lowest BCUT2D eigenvalue weighted by molar-refractivity contribution is -0.115. The lowest BCUT2D eigenvalue weighted by Crippen LogP contribution is -2.15. The van der Waals surface area contributed by atoms with Gasteiger partial charge in [-0.3, -0.25) is 9.79 Å². The molecule has 3 aromatic carbocycles. The maximum Gasteiger partial charge on any atom is 0.228 e. The molecule has 0 aliphatic heterocycles. The minimum Gasteiger partial charge on any atom is -0.496 e. The second-order valence-electron chi connectivity index (χ2n) is 7.70. The van der Waals surface area contributed by atoms with Gasteiger partial charge in [-0.25, -0.2) is 8.42 Å². The smallest absolute Gasteiger partial charge is 0.228 e. The number of ether oxygens (including phenoxy) is 1. The molecular formula is C27H29N3O4S. The number of carbonyl (C=O) groups is 1. The zero-order valence-corrected chi connectivity index (χ0v) is 20.8. The average Bonchev–Trinajstić information content (AvgIpc) is 2.87. The standard InChI is InChI=1S/C27H29N3O4S/c1-4-35(32,33)21-12-9-19(10-13-21)17-27(31)30-20-11-14-22(23-7-5-6-8-26(23)34-3)24(18-20)25(29-2)15-16-28/h5-16,18H,4,17,28H2,1-3H3,(H,30,31). The highest BCUT2D eigenvalue weighted by Gasteiger charge is 2.15. The Kier molecular flexibility index (Phi) is 8.43. The summed E-state index contributed by atoms with van der Waals surface area (Å²) in [5.41, 5.74) is 10.2. The molecule has 0 spiro atoms. The maximum absolute atomic E-state index is 12.7. The number of nitrogens with two attached hydrogens (primary N) is 1. The number of benzene rings is 3. The van der Waals surface area contributed by atoms with Crippen LogP contribution in [0.5, 0.6) is 5.75 Å². The van der Waals surface area contributed by atoms with E-state index in [2.05, 4.69) is 10.3 Å². The second kappa shape index (κ2) is 11.5. The van der Waals surface area contributed by atoms with Crippen LogP contribution in [0, 0.1) is 0 Å². The molecule has 0 atom stereocenters. The van der Waals surface area contributed by atoms with Gasteiger partial charge in [0.25, 0.3) is 0 Å². The molecule has 35 heavy (non-hydrogen) atoms. The third-order valence-electron chi connectivity index (χ3n) is 5.50. The van der Waals surface area contributed by atoms with Crippen LogP contribution in [0.3, 0.4) is 0 Å². The van der Waals surface area contributed by atoms with Crippen molar-refractivity contribution in [3.63, 3.8) is 0 Å². The first kappa shape index (κ1) is 25.7. The molecule has 0 saturated heterocycles. The van der Waals surface area contributed by atoms with Crippen molar-refractivity contribution in [2.45, 2.75) is 18.2 Å². The van der Waals surface area contributed by atoms with E-state index in [1.807, 2.05) is 42.5 Å². The van der Waals surface area contributed by atoms with Crippen LogP contribution in [0.2, 0.25) is 0 Å². The average molecular weight is 492 g/mol. The number of nitrogens with zero attached hydrogens (tertiary/aromatic N) is 1. The maximum atomic E-state index is 12.7. The molecule has 0 aromatic heterocycles. The lowest BCUT2D eigenvalue weighted by Gasteiger charge is -2.15. The normalized spacial score (nSPS) is 12.0. The third-order valence-corrected chi connectivity index (χ3v) is 7.25. The molecule has 7 nitrogen and oxygen atoms in total. The Balaban J connectivity index is 1.89. The SMILES string of the molecule is CCS(=O)(=O)c1ccc(CC(=O)Nc2ccc(-c3ccccc3OC)c(C(C=CN)=NC)c2)cc1. The first-order valence-electron chi connectivity index (χ1n) is 11.1. The van der Waals surface area contributed by atoms with E-state index >= 15 is 0 Å². The van der Waals surface area contributed by atoms with E-state index in [9.17, 15) is 13.2 Å². The molecule has 0 unspecified atom stereocenters. The number of para-hydroxylation sites is 1. The predicted molar refractivity (Wildman–Crippen MR) is 141 cm³/mol. The summed E-state index contributed by atoms with van der Waals surface area (Å²) in [4.78, 5) is 17.3.